The molecule has 3 rings (SSSR count). The molecule has 0 spiro atoms. The minimum atomic E-state index is 0.963. The van der Waals surface area contributed by atoms with E-state index >= 15 is 0 Å². The van der Waals surface area contributed by atoms with Crippen molar-refractivity contribution in [2.75, 3.05) is 0 Å². The Morgan fingerprint density at radius 3 is 2.62 bits per heavy atom. The Labute approximate surface area is 125 Å². The predicted molar refractivity (Wildman–Crippen MR) is 86.6 cm³/mol. The van der Waals surface area contributed by atoms with E-state index in [9.17, 15) is 0 Å². The van der Waals surface area contributed by atoms with Crippen LogP contribution < -0.4 is 0 Å². The Hall–Kier alpha value is -2.16. The Morgan fingerprint density at radius 2 is 1.90 bits per heavy atom. The molecule has 0 fully saturated rings. The van der Waals surface area contributed by atoms with Gasteiger partial charge in [0.1, 0.15) is 0 Å². The molecule has 0 saturated carbocycles. The van der Waals surface area contributed by atoms with Crippen LogP contribution in [0.5, 0.6) is 0 Å². The largest absolute Gasteiger partial charge is 0.233 e. The number of nitrogens with zero attached hydrogens (tertiary/aromatic N) is 3. The molecule has 0 aliphatic carbocycles. The van der Waals surface area contributed by atoms with Gasteiger partial charge in [0.15, 0.2) is 5.65 Å². The van der Waals surface area contributed by atoms with Crippen molar-refractivity contribution in [2.45, 2.75) is 40.5 Å². The Morgan fingerprint density at radius 1 is 1.10 bits per heavy atom. The van der Waals surface area contributed by atoms with E-state index in [1.54, 1.807) is 0 Å². The average molecular weight is 279 g/mol. The van der Waals surface area contributed by atoms with Crippen molar-refractivity contribution in [1.82, 2.24) is 14.6 Å². The van der Waals surface area contributed by atoms with Gasteiger partial charge in [-0.25, -0.2) is 9.50 Å². The van der Waals surface area contributed by atoms with Crippen molar-refractivity contribution < 1.29 is 0 Å². The predicted octanol–water partition coefficient (Wildman–Crippen LogP) is 4.27. The summed E-state index contributed by atoms with van der Waals surface area (Å²) in [5.74, 6) is 0. The van der Waals surface area contributed by atoms with E-state index in [0.717, 1.165) is 35.4 Å². The molecule has 0 aliphatic rings. The van der Waals surface area contributed by atoms with Gasteiger partial charge in [-0.1, -0.05) is 37.1 Å². The third-order valence-corrected chi connectivity index (χ3v) is 3.88. The third kappa shape index (κ3) is 2.44. The smallest absolute Gasteiger partial charge is 0.163 e. The molecule has 3 heteroatoms. The lowest BCUT2D eigenvalue weighted by atomic mass is 9.99. The van der Waals surface area contributed by atoms with Gasteiger partial charge >= 0.3 is 0 Å². The number of hydrogen-bond acceptors (Lipinski definition) is 2. The molecule has 0 amide bonds. The van der Waals surface area contributed by atoms with Crippen molar-refractivity contribution >= 4 is 5.65 Å². The van der Waals surface area contributed by atoms with Crippen LogP contribution in [-0.2, 0) is 6.42 Å². The second kappa shape index (κ2) is 5.32. The highest BCUT2D eigenvalue weighted by molar-refractivity contribution is 5.81. The van der Waals surface area contributed by atoms with Crippen molar-refractivity contribution in [2.24, 2.45) is 0 Å². The summed E-state index contributed by atoms with van der Waals surface area (Å²) < 4.78 is 1.89. The van der Waals surface area contributed by atoms with Crippen LogP contribution in [0.3, 0.4) is 0 Å². The first kappa shape index (κ1) is 13.8. The van der Waals surface area contributed by atoms with Crippen LogP contribution in [0.25, 0.3) is 16.8 Å². The molecular formula is C18H21N3. The lowest BCUT2D eigenvalue weighted by Gasteiger charge is -2.07. The maximum absolute atomic E-state index is 4.83. The molecular weight excluding hydrogens is 258 g/mol. The molecule has 0 bridgehead atoms. The Balaban J connectivity index is 2.25. The number of aromatic nitrogens is 3. The van der Waals surface area contributed by atoms with E-state index < -0.39 is 0 Å². The molecule has 0 atom stereocenters. The normalized spacial score (nSPS) is 11.2. The highest BCUT2D eigenvalue weighted by Gasteiger charge is 2.15. The number of rotatable bonds is 3. The quantitative estimate of drug-likeness (QED) is 0.716. The molecule has 21 heavy (non-hydrogen) atoms. The second-order valence-corrected chi connectivity index (χ2v) is 5.72. The lowest BCUT2D eigenvalue weighted by Crippen LogP contribution is -1.95. The number of benzene rings is 1. The van der Waals surface area contributed by atoms with Crippen LogP contribution in [0.2, 0.25) is 0 Å². The van der Waals surface area contributed by atoms with E-state index in [1.807, 2.05) is 10.7 Å². The molecule has 2 heterocycles. The fourth-order valence-corrected chi connectivity index (χ4v) is 2.88. The van der Waals surface area contributed by atoms with Gasteiger partial charge in [0, 0.05) is 17.5 Å². The standard InChI is InChI=1S/C18H21N3/c1-5-6-15-9-10-21-18(19-15)17(14(4)20-21)16-8-7-12(2)11-13(16)3/h7-11H,5-6H2,1-4H3. The second-order valence-electron chi connectivity index (χ2n) is 5.72. The van der Waals surface area contributed by atoms with Crippen molar-refractivity contribution in [3.63, 3.8) is 0 Å². The summed E-state index contributed by atoms with van der Waals surface area (Å²) in [5.41, 5.74) is 8.07. The summed E-state index contributed by atoms with van der Waals surface area (Å²) in [5, 5.41) is 4.61. The molecule has 0 N–H and O–H groups in total. The highest BCUT2D eigenvalue weighted by Crippen LogP contribution is 2.30. The van der Waals surface area contributed by atoms with Gasteiger partial charge in [-0.3, -0.25) is 0 Å². The zero-order chi connectivity index (χ0) is 15.0. The zero-order valence-corrected chi connectivity index (χ0v) is 13.1. The molecule has 0 aliphatic heterocycles. The summed E-state index contributed by atoms with van der Waals surface area (Å²) in [6.07, 6.45) is 4.13. The fraction of sp³-hybridized carbons (Fsp3) is 0.333. The number of aryl methyl sites for hydroxylation is 4. The van der Waals surface area contributed by atoms with Gasteiger partial charge in [0.05, 0.1) is 5.69 Å². The monoisotopic (exact) mass is 279 g/mol. The lowest BCUT2D eigenvalue weighted by molar-refractivity contribution is 0.853. The summed E-state index contributed by atoms with van der Waals surface area (Å²) in [4.78, 5) is 4.83. The molecule has 0 unspecified atom stereocenters. The molecule has 3 nitrogen and oxygen atoms in total. The fourth-order valence-electron chi connectivity index (χ4n) is 2.88. The summed E-state index contributed by atoms with van der Waals surface area (Å²) in [6, 6.07) is 8.62. The minimum Gasteiger partial charge on any atom is -0.233 e. The van der Waals surface area contributed by atoms with Crippen LogP contribution >= 0.6 is 0 Å². The van der Waals surface area contributed by atoms with E-state index in [2.05, 4.69) is 57.1 Å². The van der Waals surface area contributed by atoms with E-state index in [4.69, 9.17) is 4.98 Å². The van der Waals surface area contributed by atoms with Crippen LogP contribution in [-0.4, -0.2) is 14.6 Å². The van der Waals surface area contributed by atoms with Gasteiger partial charge < -0.3 is 0 Å². The third-order valence-electron chi connectivity index (χ3n) is 3.88. The first-order valence-corrected chi connectivity index (χ1v) is 7.52. The summed E-state index contributed by atoms with van der Waals surface area (Å²) >= 11 is 0. The van der Waals surface area contributed by atoms with Gasteiger partial charge in [0.2, 0.25) is 0 Å². The molecule has 3 aromatic rings. The van der Waals surface area contributed by atoms with Crippen LogP contribution in [0.1, 0.15) is 35.9 Å². The average Bonchev–Trinajstić information content (AvgIpc) is 2.75. The van der Waals surface area contributed by atoms with Crippen LogP contribution in [0.15, 0.2) is 30.5 Å². The number of fused-ring (bicyclic) bond motifs is 1. The van der Waals surface area contributed by atoms with Crippen molar-refractivity contribution in [3.05, 3.63) is 53.0 Å². The number of hydrogen-bond donors (Lipinski definition) is 0. The minimum absolute atomic E-state index is 0.963. The highest BCUT2D eigenvalue weighted by atomic mass is 15.2. The van der Waals surface area contributed by atoms with Crippen LogP contribution in [0.4, 0.5) is 0 Å². The first-order chi connectivity index (χ1) is 10.1. The first-order valence-electron chi connectivity index (χ1n) is 7.52. The zero-order valence-electron chi connectivity index (χ0n) is 13.1. The summed E-state index contributed by atoms with van der Waals surface area (Å²) in [6.45, 7) is 8.51. The SMILES string of the molecule is CCCc1ccn2nc(C)c(-c3ccc(C)cc3C)c2n1. The van der Waals surface area contributed by atoms with Crippen LogP contribution in [0, 0.1) is 20.8 Å². The van der Waals surface area contributed by atoms with E-state index in [-0.39, 0.29) is 0 Å². The van der Waals surface area contributed by atoms with Gasteiger partial charge in [-0.05, 0) is 44.4 Å². The molecule has 0 saturated heterocycles. The maximum Gasteiger partial charge on any atom is 0.163 e. The molecule has 108 valence electrons. The maximum atomic E-state index is 4.83. The Kier molecular flexibility index (Phi) is 3.50. The molecule has 2 aromatic heterocycles. The van der Waals surface area contributed by atoms with E-state index in [0.29, 0.717) is 0 Å². The Bertz CT molecular complexity index is 800. The van der Waals surface area contributed by atoms with Gasteiger partial charge in [-0.15, -0.1) is 0 Å². The van der Waals surface area contributed by atoms with Crippen molar-refractivity contribution in [3.8, 4) is 11.1 Å². The topological polar surface area (TPSA) is 30.2 Å². The van der Waals surface area contributed by atoms with Crippen molar-refractivity contribution in [1.29, 1.82) is 0 Å². The molecule has 1 aromatic carbocycles. The van der Waals surface area contributed by atoms with Gasteiger partial charge in [0.25, 0.3) is 0 Å². The molecule has 0 radical (unpaired) electrons. The van der Waals surface area contributed by atoms with Gasteiger partial charge in [-0.2, -0.15) is 5.10 Å². The summed E-state index contributed by atoms with van der Waals surface area (Å²) in [7, 11) is 0. The van der Waals surface area contributed by atoms with E-state index in [1.165, 1.54) is 16.7 Å².